The Morgan fingerprint density at radius 1 is 1.17 bits per heavy atom. The molecule has 30 heavy (non-hydrogen) atoms. The Morgan fingerprint density at radius 3 is 2.60 bits per heavy atom. The molecular formula is C22H28ClN5O2. The van der Waals surface area contributed by atoms with Gasteiger partial charge in [-0.3, -0.25) is 4.79 Å². The number of hydrogen-bond donors (Lipinski definition) is 1. The number of piperidine rings is 1. The maximum absolute atomic E-state index is 12.6. The third-order valence-corrected chi connectivity index (χ3v) is 6.05. The van der Waals surface area contributed by atoms with Crippen LogP contribution in [0.15, 0.2) is 30.6 Å². The topological polar surface area (TPSA) is 70.6 Å². The first-order chi connectivity index (χ1) is 14.6. The molecule has 0 aliphatic carbocycles. The number of anilines is 2. The van der Waals surface area contributed by atoms with Crippen molar-refractivity contribution in [2.45, 2.75) is 26.3 Å². The van der Waals surface area contributed by atoms with Gasteiger partial charge in [-0.1, -0.05) is 24.6 Å². The average Bonchev–Trinajstić information content (AvgIpc) is 2.79. The Bertz CT molecular complexity index is 862. The monoisotopic (exact) mass is 429 g/mol. The number of nitrogens with one attached hydrogen (secondary N) is 1. The molecule has 4 rings (SSSR count). The molecule has 0 atom stereocenters. The number of pyridine rings is 2. The zero-order valence-corrected chi connectivity index (χ0v) is 18.1. The minimum atomic E-state index is -0.0638. The summed E-state index contributed by atoms with van der Waals surface area (Å²) in [5, 5.41) is 3.67. The van der Waals surface area contributed by atoms with Gasteiger partial charge in [0.15, 0.2) is 0 Å². The van der Waals surface area contributed by atoms with Gasteiger partial charge < -0.3 is 19.9 Å². The molecule has 0 bridgehead atoms. The Morgan fingerprint density at radius 2 is 1.93 bits per heavy atom. The van der Waals surface area contributed by atoms with Gasteiger partial charge in [0, 0.05) is 45.1 Å². The van der Waals surface area contributed by atoms with Gasteiger partial charge in [-0.15, -0.1) is 0 Å². The molecule has 2 aromatic rings. The van der Waals surface area contributed by atoms with Crippen LogP contribution in [0.1, 0.15) is 35.7 Å². The van der Waals surface area contributed by atoms with Crippen LogP contribution in [-0.4, -0.2) is 60.2 Å². The second kappa shape index (κ2) is 9.62. The van der Waals surface area contributed by atoms with E-state index in [-0.39, 0.29) is 5.91 Å². The van der Waals surface area contributed by atoms with Crippen LogP contribution in [0.4, 0.5) is 11.6 Å². The Balaban J connectivity index is 1.34. The second-order valence-corrected chi connectivity index (χ2v) is 8.41. The van der Waals surface area contributed by atoms with E-state index in [0.717, 1.165) is 30.4 Å². The van der Waals surface area contributed by atoms with Crippen molar-refractivity contribution in [1.29, 1.82) is 0 Å². The van der Waals surface area contributed by atoms with Gasteiger partial charge in [0.1, 0.15) is 11.6 Å². The van der Waals surface area contributed by atoms with E-state index in [9.17, 15) is 4.79 Å². The summed E-state index contributed by atoms with van der Waals surface area (Å²) in [5.74, 6) is 2.33. The SMILES string of the molecule is CC1CCN(c2ccc(CNc3ncc(C(=O)N4CCOCC4)cc3Cl)cn2)CC1. The number of hydrogen-bond acceptors (Lipinski definition) is 6. The van der Waals surface area contributed by atoms with Crippen LogP contribution >= 0.6 is 11.6 Å². The number of carbonyl (C=O) groups is 1. The third-order valence-electron chi connectivity index (χ3n) is 5.76. The summed E-state index contributed by atoms with van der Waals surface area (Å²) in [6, 6.07) is 5.83. The van der Waals surface area contributed by atoms with Crippen LogP contribution in [0.2, 0.25) is 5.02 Å². The van der Waals surface area contributed by atoms with Crippen molar-refractivity contribution in [3.63, 3.8) is 0 Å². The number of ether oxygens (including phenoxy) is 1. The highest BCUT2D eigenvalue weighted by atomic mass is 35.5. The summed E-state index contributed by atoms with van der Waals surface area (Å²) in [6.07, 6.45) is 5.91. The Labute approximate surface area is 182 Å². The van der Waals surface area contributed by atoms with Crippen molar-refractivity contribution >= 4 is 29.1 Å². The van der Waals surface area contributed by atoms with Crippen molar-refractivity contribution in [3.05, 3.63) is 46.7 Å². The van der Waals surface area contributed by atoms with E-state index in [4.69, 9.17) is 16.3 Å². The van der Waals surface area contributed by atoms with Crippen molar-refractivity contribution < 1.29 is 9.53 Å². The van der Waals surface area contributed by atoms with Gasteiger partial charge in [-0.2, -0.15) is 0 Å². The Hall–Kier alpha value is -2.38. The zero-order chi connectivity index (χ0) is 20.9. The molecular weight excluding hydrogens is 402 g/mol. The van der Waals surface area contributed by atoms with E-state index in [1.165, 1.54) is 12.8 Å². The molecule has 8 heteroatoms. The van der Waals surface area contributed by atoms with E-state index in [0.29, 0.717) is 49.3 Å². The highest BCUT2D eigenvalue weighted by Gasteiger charge is 2.20. The highest BCUT2D eigenvalue weighted by molar-refractivity contribution is 6.33. The standard InChI is InChI=1S/C22H28ClN5O2/c1-16-4-6-27(7-5-16)20-3-2-17(13-24-20)14-25-21-19(23)12-18(15-26-21)22(29)28-8-10-30-11-9-28/h2-3,12-13,15-16H,4-11,14H2,1H3,(H,25,26). The number of rotatable bonds is 5. The molecule has 1 amide bonds. The maximum atomic E-state index is 12.6. The normalized spacial score (nSPS) is 17.8. The summed E-state index contributed by atoms with van der Waals surface area (Å²) >= 11 is 6.37. The fourth-order valence-corrected chi connectivity index (χ4v) is 4.00. The van der Waals surface area contributed by atoms with Gasteiger partial charge in [0.25, 0.3) is 5.91 Å². The number of morpholine rings is 1. The van der Waals surface area contributed by atoms with Crippen molar-refractivity contribution in [2.24, 2.45) is 5.92 Å². The largest absolute Gasteiger partial charge is 0.378 e. The quantitative estimate of drug-likeness (QED) is 0.784. The highest BCUT2D eigenvalue weighted by Crippen LogP contribution is 2.23. The van der Waals surface area contributed by atoms with Crippen molar-refractivity contribution in [1.82, 2.24) is 14.9 Å². The molecule has 7 nitrogen and oxygen atoms in total. The van der Waals surface area contributed by atoms with Gasteiger partial charge in [0.05, 0.1) is 23.8 Å². The first-order valence-corrected chi connectivity index (χ1v) is 10.9. The molecule has 0 radical (unpaired) electrons. The van der Waals surface area contributed by atoms with Crippen LogP contribution in [0.5, 0.6) is 0 Å². The number of carbonyl (C=O) groups excluding carboxylic acids is 1. The molecule has 0 unspecified atom stereocenters. The lowest BCUT2D eigenvalue weighted by atomic mass is 9.99. The summed E-state index contributed by atoms with van der Waals surface area (Å²) in [7, 11) is 0. The molecule has 0 saturated carbocycles. The molecule has 0 aromatic carbocycles. The number of aromatic nitrogens is 2. The molecule has 4 heterocycles. The smallest absolute Gasteiger partial charge is 0.255 e. The minimum absolute atomic E-state index is 0.0638. The molecule has 2 aliphatic rings. The van der Waals surface area contributed by atoms with E-state index >= 15 is 0 Å². The third kappa shape index (κ3) is 5.02. The first-order valence-electron chi connectivity index (χ1n) is 10.6. The fraction of sp³-hybridized carbons (Fsp3) is 0.500. The number of halogens is 1. The minimum Gasteiger partial charge on any atom is -0.378 e. The maximum Gasteiger partial charge on any atom is 0.255 e. The molecule has 2 aliphatic heterocycles. The number of nitrogens with zero attached hydrogens (tertiary/aromatic N) is 4. The summed E-state index contributed by atoms with van der Waals surface area (Å²) in [5.41, 5.74) is 1.55. The van der Waals surface area contributed by atoms with Gasteiger partial charge in [-0.05, 0) is 36.5 Å². The van der Waals surface area contributed by atoms with Gasteiger partial charge >= 0.3 is 0 Å². The lowest BCUT2D eigenvalue weighted by molar-refractivity contribution is 0.0302. The summed E-state index contributed by atoms with van der Waals surface area (Å²) in [6.45, 7) is 7.33. The van der Waals surface area contributed by atoms with Crippen molar-refractivity contribution in [2.75, 3.05) is 49.6 Å². The van der Waals surface area contributed by atoms with E-state index in [2.05, 4.69) is 39.2 Å². The van der Waals surface area contributed by atoms with Crippen LogP contribution in [0.25, 0.3) is 0 Å². The molecule has 0 spiro atoms. The van der Waals surface area contributed by atoms with Crippen LogP contribution < -0.4 is 10.2 Å². The van der Waals surface area contributed by atoms with Crippen LogP contribution in [0.3, 0.4) is 0 Å². The summed E-state index contributed by atoms with van der Waals surface area (Å²) < 4.78 is 5.30. The van der Waals surface area contributed by atoms with Crippen LogP contribution in [-0.2, 0) is 11.3 Å². The molecule has 1 N–H and O–H groups in total. The van der Waals surface area contributed by atoms with Gasteiger partial charge in [-0.25, -0.2) is 9.97 Å². The molecule has 2 fully saturated rings. The lowest BCUT2D eigenvalue weighted by Gasteiger charge is -2.31. The number of amides is 1. The first kappa shape index (κ1) is 20.9. The molecule has 2 saturated heterocycles. The predicted molar refractivity (Wildman–Crippen MR) is 118 cm³/mol. The second-order valence-electron chi connectivity index (χ2n) is 8.01. The Kier molecular flexibility index (Phi) is 6.69. The van der Waals surface area contributed by atoms with E-state index in [1.54, 1.807) is 17.2 Å². The predicted octanol–water partition coefficient (Wildman–Crippen LogP) is 3.45. The average molecular weight is 430 g/mol. The van der Waals surface area contributed by atoms with Crippen molar-refractivity contribution in [3.8, 4) is 0 Å². The van der Waals surface area contributed by atoms with E-state index in [1.807, 2.05) is 6.20 Å². The van der Waals surface area contributed by atoms with Crippen LogP contribution in [0, 0.1) is 5.92 Å². The fourth-order valence-electron chi connectivity index (χ4n) is 3.77. The zero-order valence-electron chi connectivity index (χ0n) is 17.3. The molecule has 160 valence electrons. The lowest BCUT2D eigenvalue weighted by Crippen LogP contribution is -2.40. The van der Waals surface area contributed by atoms with Gasteiger partial charge in [0.2, 0.25) is 0 Å². The summed E-state index contributed by atoms with van der Waals surface area (Å²) in [4.78, 5) is 25.7. The van der Waals surface area contributed by atoms with E-state index < -0.39 is 0 Å². The molecule has 2 aromatic heterocycles.